The molecule has 0 fully saturated rings. The van der Waals surface area contributed by atoms with Crippen molar-refractivity contribution in [1.29, 1.82) is 0 Å². The standard InChI is InChI=1S/C18H16B2BrClFN3O2/c1-9-7-24-15(21)6-14(9)26-10(2)3-12(5-16(26)27)28-18(19,20)17-13(23)4-11(22)8-25-17/h3-8H,19-20H2,1-2H3. The van der Waals surface area contributed by atoms with E-state index in [1.807, 2.05) is 6.92 Å². The molecule has 5 nitrogen and oxygen atoms in total. The van der Waals surface area contributed by atoms with Gasteiger partial charge in [-0.15, -0.1) is 0 Å². The largest absolute Gasteiger partial charge is 0.499 e. The van der Waals surface area contributed by atoms with Gasteiger partial charge >= 0.3 is 0 Å². The first-order valence-electron chi connectivity index (χ1n) is 8.45. The van der Waals surface area contributed by atoms with E-state index in [0.29, 0.717) is 16.0 Å². The topological polar surface area (TPSA) is 57.0 Å². The molecular formula is C18H16B2BrClFN3O2. The number of rotatable bonds is 4. The molecule has 0 aliphatic carbocycles. The van der Waals surface area contributed by atoms with Crippen molar-refractivity contribution in [1.82, 2.24) is 14.5 Å². The maximum atomic E-state index is 14.3. The van der Waals surface area contributed by atoms with Gasteiger partial charge in [0, 0.05) is 24.2 Å². The smallest absolute Gasteiger partial charge is 0.259 e. The van der Waals surface area contributed by atoms with Crippen LogP contribution in [0.4, 0.5) is 4.39 Å². The van der Waals surface area contributed by atoms with E-state index in [4.69, 9.17) is 16.3 Å². The van der Waals surface area contributed by atoms with E-state index in [2.05, 4.69) is 25.9 Å². The summed E-state index contributed by atoms with van der Waals surface area (Å²) in [7, 11) is 3.36. The fraction of sp³-hybridized carbons (Fsp3) is 0.167. The van der Waals surface area contributed by atoms with Crippen LogP contribution in [0.3, 0.4) is 0 Å². The lowest BCUT2D eigenvalue weighted by atomic mass is 9.62. The zero-order valence-electron chi connectivity index (χ0n) is 15.8. The molecule has 0 amide bonds. The van der Waals surface area contributed by atoms with E-state index >= 15 is 0 Å². The Hall–Kier alpha value is -2.12. The zero-order valence-corrected chi connectivity index (χ0v) is 18.1. The summed E-state index contributed by atoms with van der Waals surface area (Å²) < 4.78 is 22.4. The van der Waals surface area contributed by atoms with Crippen molar-refractivity contribution < 1.29 is 9.13 Å². The molecule has 10 heteroatoms. The highest BCUT2D eigenvalue weighted by Gasteiger charge is 2.28. The van der Waals surface area contributed by atoms with E-state index in [1.165, 1.54) is 18.3 Å². The maximum Gasteiger partial charge on any atom is 0.259 e. The van der Waals surface area contributed by atoms with Crippen LogP contribution in [-0.4, -0.2) is 30.2 Å². The molecule has 3 aromatic heterocycles. The molecule has 0 radical (unpaired) electrons. The number of hydrogen-bond acceptors (Lipinski definition) is 4. The molecule has 0 N–H and O–H groups in total. The predicted octanol–water partition coefficient (Wildman–Crippen LogP) is 2.25. The van der Waals surface area contributed by atoms with Gasteiger partial charge in [0.25, 0.3) is 5.56 Å². The Balaban J connectivity index is 2.01. The summed E-state index contributed by atoms with van der Waals surface area (Å²) in [6.45, 7) is 3.68. The summed E-state index contributed by atoms with van der Waals surface area (Å²) in [6, 6.07) is 6.06. The number of halogens is 3. The molecule has 0 saturated carbocycles. The first-order valence-corrected chi connectivity index (χ1v) is 9.62. The molecule has 0 unspecified atom stereocenters. The van der Waals surface area contributed by atoms with Gasteiger partial charge in [0.05, 0.1) is 16.1 Å². The third kappa shape index (κ3) is 4.15. The Kier molecular flexibility index (Phi) is 5.68. The van der Waals surface area contributed by atoms with Crippen LogP contribution in [-0.2, 0) is 5.40 Å². The van der Waals surface area contributed by atoms with Crippen LogP contribution < -0.4 is 10.3 Å². The number of ether oxygens (including phenoxy) is 1. The third-order valence-electron chi connectivity index (χ3n) is 4.22. The Labute approximate surface area is 176 Å². The fourth-order valence-corrected chi connectivity index (χ4v) is 3.43. The average molecular weight is 462 g/mol. The number of aromatic nitrogens is 3. The molecule has 0 saturated heterocycles. The van der Waals surface area contributed by atoms with Crippen LogP contribution >= 0.6 is 27.5 Å². The molecule has 0 bridgehead atoms. The SMILES string of the molecule is BC(B)(Oc1cc(C)n(-c2cc(Br)ncc2C)c(=O)c1)c1ncc(Cl)cc1F. The van der Waals surface area contributed by atoms with Crippen LogP contribution in [0.1, 0.15) is 17.0 Å². The van der Waals surface area contributed by atoms with E-state index in [9.17, 15) is 9.18 Å². The summed E-state index contributed by atoms with van der Waals surface area (Å²) >= 11 is 9.10. The molecule has 28 heavy (non-hydrogen) atoms. The second-order valence-corrected chi connectivity index (χ2v) is 8.14. The monoisotopic (exact) mass is 461 g/mol. The number of nitrogens with zero attached hydrogens (tertiary/aromatic N) is 3. The second-order valence-electron chi connectivity index (χ2n) is 6.90. The molecule has 3 aromatic rings. The van der Waals surface area contributed by atoms with Gasteiger partial charge < -0.3 is 4.74 Å². The van der Waals surface area contributed by atoms with Gasteiger partial charge in [-0.25, -0.2) is 9.37 Å². The summed E-state index contributed by atoms with van der Waals surface area (Å²) in [4.78, 5) is 21.0. The summed E-state index contributed by atoms with van der Waals surface area (Å²) in [5.41, 5.74) is 2.09. The summed E-state index contributed by atoms with van der Waals surface area (Å²) in [6.07, 6.45) is 3.05. The third-order valence-corrected chi connectivity index (χ3v) is 4.86. The van der Waals surface area contributed by atoms with Crippen LogP contribution in [0, 0.1) is 19.7 Å². The fourth-order valence-electron chi connectivity index (χ4n) is 2.97. The zero-order chi connectivity index (χ0) is 20.6. The second kappa shape index (κ2) is 7.72. The van der Waals surface area contributed by atoms with E-state index < -0.39 is 11.2 Å². The molecule has 3 rings (SSSR count). The number of pyridine rings is 3. The van der Waals surface area contributed by atoms with Crippen molar-refractivity contribution in [3.8, 4) is 11.4 Å². The van der Waals surface area contributed by atoms with Crippen molar-refractivity contribution in [2.24, 2.45) is 0 Å². The van der Waals surface area contributed by atoms with Gasteiger partial charge in [0.1, 0.15) is 21.9 Å². The molecule has 3 heterocycles. The predicted molar refractivity (Wildman–Crippen MR) is 116 cm³/mol. The minimum Gasteiger partial charge on any atom is -0.499 e. The minimum atomic E-state index is -1.10. The number of hydrogen-bond donors (Lipinski definition) is 0. The van der Waals surface area contributed by atoms with Crippen molar-refractivity contribution in [3.05, 3.63) is 79.4 Å². The summed E-state index contributed by atoms with van der Waals surface area (Å²) in [5, 5.41) is -0.899. The lowest BCUT2D eigenvalue weighted by Gasteiger charge is -2.27. The Morgan fingerprint density at radius 1 is 1.18 bits per heavy atom. The summed E-state index contributed by atoms with van der Waals surface area (Å²) in [5.74, 6) is -0.245. The minimum absolute atomic E-state index is 0.104. The van der Waals surface area contributed by atoms with Crippen LogP contribution in [0.25, 0.3) is 5.69 Å². The molecular weight excluding hydrogens is 446 g/mol. The van der Waals surface area contributed by atoms with Crippen LogP contribution in [0.5, 0.6) is 5.75 Å². The highest BCUT2D eigenvalue weighted by Crippen LogP contribution is 2.26. The molecule has 0 aliphatic rings. The Morgan fingerprint density at radius 2 is 1.89 bits per heavy atom. The molecule has 0 spiro atoms. The molecule has 0 aliphatic heterocycles. The van der Waals surface area contributed by atoms with Gasteiger partial charge in [0.2, 0.25) is 0 Å². The van der Waals surface area contributed by atoms with Gasteiger partial charge in [-0.2, -0.15) is 0 Å². The van der Waals surface area contributed by atoms with E-state index in [0.717, 1.165) is 11.3 Å². The normalized spacial score (nSPS) is 11.5. The van der Waals surface area contributed by atoms with Crippen LogP contribution in [0.2, 0.25) is 5.02 Å². The first kappa shape index (κ1) is 20.6. The quantitative estimate of drug-likeness (QED) is 0.441. The van der Waals surface area contributed by atoms with Gasteiger partial charge in [-0.05, 0) is 53.5 Å². The average Bonchev–Trinajstić information content (AvgIpc) is 2.56. The highest BCUT2D eigenvalue weighted by atomic mass is 79.9. The lowest BCUT2D eigenvalue weighted by molar-refractivity contribution is 0.232. The lowest BCUT2D eigenvalue weighted by Crippen LogP contribution is -2.37. The van der Waals surface area contributed by atoms with Gasteiger partial charge in [-0.3, -0.25) is 14.3 Å². The molecule has 0 aromatic carbocycles. The highest BCUT2D eigenvalue weighted by molar-refractivity contribution is 9.10. The Morgan fingerprint density at radius 3 is 2.54 bits per heavy atom. The van der Waals surface area contributed by atoms with Crippen molar-refractivity contribution in [3.63, 3.8) is 0 Å². The van der Waals surface area contributed by atoms with Crippen molar-refractivity contribution in [2.75, 3.05) is 0 Å². The van der Waals surface area contributed by atoms with E-state index in [-0.39, 0.29) is 16.3 Å². The maximum absolute atomic E-state index is 14.3. The van der Waals surface area contributed by atoms with Gasteiger partial charge in [-0.1, -0.05) is 11.6 Å². The van der Waals surface area contributed by atoms with Crippen molar-refractivity contribution >= 4 is 43.2 Å². The van der Waals surface area contributed by atoms with Gasteiger partial charge in [0.15, 0.2) is 15.7 Å². The Bertz CT molecular complexity index is 1120. The molecule has 0 atom stereocenters. The first-order chi connectivity index (χ1) is 13.1. The van der Waals surface area contributed by atoms with Crippen molar-refractivity contribution in [2.45, 2.75) is 19.2 Å². The number of aryl methyl sites for hydroxylation is 2. The van der Waals surface area contributed by atoms with E-state index in [1.54, 1.807) is 45.5 Å². The van der Waals surface area contributed by atoms with Crippen LogP contribution in [0.15, 0.2) is 46.1 Å². The molecule has 142 valence electrons.